The molecule has 146 valence electrons. The molecule has 0 bridgehead atoms. The molecule has 1 amide bonds. The summed E-state index contributed by atoms with van der Waals surface area (Å²) in [6.07, 6.45) is 0.345. The van der Waals surface area contributed by atoms with Gasteiger partial charge in [0.05, 0.1) is 19.9 Å². The molecule has 0 atom stereocenters. The molecule has 0 aromatic heterocycles. The summed E-state index contributed by atoms with van der Waals surface area (Å²) in [5.41, 5.74) is 2.76. The normalized spacial score (nSPS) is 10.2. The van der Waals surface area contributed by atoms with Gasteiger partial charge in [-0.25, -0.2) is 0 Å². The van der Waals surface area contributed by atoms with Crippen molar-refractivity contribution in [1.29, 1.82) is 0 Å². The minimum atomic E-state index is -0.0417. The molecular formula is C21H29N3O3. The second kappa shape index (κ2) is 10.3. The molecule has 0 saturated carbocycles. The van der Waals surface area contributed by atoms with Crippen molar-refractivity contribution in [3.63, 3.8) is 0 Å². The van der Waals surface area contributed by atoms with Gasteiger partial charge in [-0.1, -0.05) is 0 Å². The second-order valence-corrected chi connectivity index (χ2v) is 6.01. The van der Waals surface area contributed by atoms with E-state index in [0.717, 1.165) is 35.9 Å². The summed E-state index contributed by atoms with van der Waals surface area (Å²) in [7, 11) is 3.23. The minimum absolute atomic E-state index is 0.0417. The molecule has 2 aromatic rings. The van der Waals surface area contributed by atoms with Crippen LogP contribution in [0.4, 0.5) is 17.1 Å². The molecule has 6 nitrogen and oxygen atoms in total. The summed E-state index contributed by atoms with van der Waals surface area (Å²) in [6.45, 7) is 6.67. The predicted molar refractivity (Wildman–Crippen MR) is 111 cm³/mol. The Morgan fingerprint density at radius 2 is 1.70 bits per heavy atom. The van der Waals surface area contributed by atoms with Crippen molar-refractivity contribution < 1.29 is 14.3 Å². The Kier molecular flexibility index (Phi) is 7.79. The first-order chi connectivity index (χ1) is 13.1. The molecule has 0 aliphatic heterocycles. The average molecular weight is 371 g/mol. The van der Waals surface area contributed by atoms with Crippen LogP contribution in [0.25, 0.3) is 0 Å². The number of benzene rings is 2. The molecule has 0 heterocycles. The van der Waals surface area contributed by atoms with Gasteiger partial charge < -0.3 is 25.0 Å². The number of amides is 1. The first kappa shape index (κ1) is 20.4. The third-order valence-corrected chi connectivity index (χ3v) is 4.35. The molecule has 0 fully saturated rings. The van der Waals surface area contributed by atoms with Gasteiger partial charge in [-0.05, 0) is 50.2 Å². The number of nitrogens with zero attached hydrogens (tertiary/aromatic N) is 1. The molecule has 2 rings (SSSR count). The molecule has 0 aliphatic carbocycles. The van der Waals surface area contributed by atoms with E-state index in [4.69, 9.17) is 9.47 Å². The van der Waals surface area contributed by atoms with Gasteiger partial charge in [0.15, 0.2) is 0 Å². The molecule has 0 aliphatic rings. The van der Waals surface area contributed by atoms with Crippen LogP contribution in [-0.2, 0) is 4.79 Å². The molecule has 2 N–H and O–H groups in total. The average Bonchev–Trinajstić information content (AvgIpc) is 2.70. The van der Waals surface area contributed by atoms with E-state index in [9.17, 15) is 4.79 Å². The third kappa shape index (κ3) is 5.81. The van der Waals surface area contributed by atoms with E-state index < -0.39 is 0 Å². The Balaban J connectivity index is 1.86. The van der Waals surface area contributed by atoms with Crippen molar-refractivity contribution in [1.82, 2.24) is 0 Å². The van der Waals surface area contributed by atoms with Gasteiger partial charge in [0.25, 0.3) is 0 Å². The lowest BCUT2D eigenvalue weighted by atomic mass is 10.2. The molecule has 0 spiro atoms. The predicted octanol–water partition coefficient (Wildman–Crippen LogP) is 3.99. The first-order valence-corrected chi connectivity index (χ1v) is 9.22. The van der Waals surface area contributed by atoms with Crippen LogP contribution in [0.3, 0.4) is 0 Å². The van der Waals surface area contributed by atoms with Gasteiger partial charge in [-0.3, -0.25) is 4.79 Å². The topological polar surface area (TPSA) is 62.8 Å². The molecule has 2 aromatic carbocycles. The van der Waals surface area contributed by atoms with E-state index in [1.807, 2.05) is 42.5 Å². The van der Waals surface area contributed by atoms with E-state index >= 15 is 0 Å². The van der Waals surface area contributed by atoms with E-state index in [-0.39, 0.29) is 5.91 Å². The van der Waals surface area contributed by atoms with Gasteiger partial charge in [-0.15, -0.1) is 0 Å². The van der Waals surface area contributed by atoms with Gasteiger partial charge in [0, 0.05) is 43.5 Å². The molecule has 0 unspecified atom stereocenters. The van der Waals surface area contributed by atoms with Crippen molar-refractivity contribution in [3.8, 4) is 11.5 Å². The molecular weight excluding hydrogens is 342 g/mol. The number of nitrogens with one attached hydrogen (secondary N) is 2. The number of rotatable bonds is 10. The minimum Gasteiger partial charge on any atom is -0.497 e. The van der Waals surface area contributed by atoms with Gasteiger partial charge in [-0.2, -0.15) is 0 Å². The first-order valence-electron chi connectivity index (χ1n) is 9.22. The fourth-order valence-corrected chi connectivity index (χ4v) is 2.83. The zero-order chi connectivity index (χ0) is 19.6. The summed E-state index contributed by atoms with van der Waals surface area (Å²) in [6, 6.07) is 13.4. The van der Waals surface area contributed by atoms with Crippen LogP contribution in [0, 0.1) is 0 Å². The van der Waals surface area contributed by atoms with Crippen LogP contribution < -0.4 is 25.0 Å². The van der Waals surface area contributed by atoms with Crippen LogP contribution in [0.2, 0.25) is 0 Å². The fraction of sp³-hybridized carbons (Fsp3) is 0.381. The van der Waals surface area contributed by atoms with Crippen molar-refractivity contribution in [2.45, 2.75) is 20.3 Å². The summed E-state index contributed by atoms with van der Waals surface area (Å²) < 4.78 is 10.5. The van der Waals surface area contributed by atoms with E-state index in [0.29, 0.717) is 18.7 Å². The van der Waals surface area contributed by atoms with Crippen LogP contribution in [-0.4, -0.2) is 39.8 Å². The van der Waals surface area contributed by atoms with E-state index in [2.05, 4.69) is 29.4 Å². The molecule has 6 heteroatoms. The number of methoxy groups -OCH3 is 2. The van der Waals surface area contributed by atoms with Crippen LogP contribution in [0.15, 0.2) is 42.5 Å². The largest absolute Gasteiger partial charge is 0.497 e. The van der Waals surface area contributed by atoms with Crippen LogP contribution >= 0.6 is 0 Å². The quantitative estimate of drug-likeness (QED) is 0.661. The highest BCUT2D eigenvalue weighted by atomic mass is 16.5. The number of anilines is 3. The van der Waals surface area contributed by atoms with Crippen molar-refractivity contribution >= 4 is 23.0 Å². The maximum atomic E-state index is 12.2. The lowest BCUT2D eigenvalue weighted by Gasteiger charge is -2.21. The van der Waals surface area contributed by atoms with Crippen molar-refractivity contribution in [3.05, 3.63) is 42.5 Å². The number of ether oxygens (including phenoxy) is 2. The SMILES string of the molecule is CCN(CC)c1ccc(NC(=O)CCNc2cc(OC)ccc2OC)cc1. The second-order valence-electron chi connectivity index (χ2n) is 6.01. The number of hydrogen-bond acceptors (Lipinski definition) is 5. The van der Waals surface area contributed by atoms with E-state index in [1.165, 1.54) is 0 Å². The molecule has 0 radical (unpaired) electrons. The zero-order valence-corrected chi connectivity index (χ0v) is 16.5. The summed E-state index contributed by atoms with van der Waals surface area (Å²) >= 11 is 0. The standard InChI is InChI=1S/C21H29N3O3/c1-5-24(6-2)17-9-7-16(8-10-17)23-21(25)13-14-22-19-15-18(26-3)11-12-20(19)27-4/h7-12,15,22H,5-6,13-14H2,1-4H3,(H,23,25). The third-order valence-electron chi connectivity index (χ3n) is 4.35. The number of carbonyl (C=O) groups is 1. The van der Waals surface area contributed by atoms with Crippen molar-refractivity contribution in [2.75, 3.05) is 49.4 Å². The van der Waals surface area contributed by atoms with Gasteiger partial charge in [0.2, 0.25) is 5.91 Å². The van der Waals surface area contributed by atoms with Gasteiger partial charge >= 0.3 is 0 Å². The Hall–Kier alpha value is -2.89. The number of hydrogen-bond donors (Lipinski definition) is 2. The van der Waals surface area contributed by atoms with E-state index in [1.54, 1.807) is 14.2 Å². The molecule has 0 saturated heterocycles. The van der Waals surface area contributed by atoms with Gasteiger partial charge in [0.1, 0.15) is 11.5 Å². The van der Waals surface area contributed by atoms with Crippen LogP contribution in [0.5, 0.6) is 11.5 Å². The zero-order valence-electron chi connectivity index (χ0n) is 16.5. The monoisotopic (exact) mass is 371 g/mol. The Bertz CT molecular complexity index is 728. The molecule has 27 heavy (non-hydrogen) atoms. The smallest absolute Gasteiger partial charge is 0.226 e. The lowest BCUT2D eigenvalue weighted by Crippen LogP contribution is -2.21. The summed E-state index contributed by atoms with van der Waals surface area (Å²) in [4.78, 5) is 14.5. The number of carbonyl (C=O) groups excluding carboxylic acids is 1. The Morgan fingerprint density at radius 3 is 2.30 bits per heavy atom. The summed E-state index contributed by atoms with van der Waals surface area (Å²) in [5, 5.41) is 6.15. The highest BCUT2D eigenvalue weighted by molar-refractivity contribution is 5.91. The highest BCUT2D eigenvalue weighted by Gasteiger charge is 2.07. The Labute approximate surface area is 161 Å². The van der Waals surface area contributed by atoms with Crippen molar-refractivity contribution in [2.24, 2.45) is 0 Å². The fourth-order valence-electron chi connectivity index (χ4n) is 2.83. The highest BCUT2D eigenvalue weighted by Crippen LogP contribution is 2.28. The Morgan fingerprint density at radius 1 is 1.00 bits per heavy atom. The maximum absolute atomic E-state index is 12.2. The van der Waals surface area contributed by atoms with Crippen LogP contribution in [0.1, 0.15) is 20.3 Å². The maximum Gasteiger partial charge on any atom is 0.226 e. The lowest BCUT2D eigenvalue weighted by molar-refractivity contribution is -0.115. The summed E-state index contributed by atoms with van der Waals surface area (Å²) in [5.74, 6) is 1.40.